The van der Waals surface area contributed by atoms with Crippen LogP contribution in [0.4, 0.5) is 0 Å². The molecule has 0 aromatic rings. The number of hydrogen-bond acceptors (Lipinski definition) is 4. The second-order valence-electron chi connectivity index (χ2n) is 11.2. The number of rotatable bonds is 5. The van der Waals surface area contributed by atoms with Gasteiger partial charge in [0.25, 0.3) is 0 Å². The van der Waals surface area contributed by atoms with Gasteiger partial charge in [-0.25, -0.2) is 0 Å². The molecule has 0 aromatic carbocycles. The van der Waals surface area contributed by atoms with E-state index in [1.165, 1.54) is 11.3 Å². The van der Waals surface area contributed by atoms with Crippen molar-refractivity contribution < 1.29 is 19.1 Å². The number of carbonyl (C=O) groups excluding carboxylic acids is 3. The molecule has 32 heavy (non-hydrogen) atoms. The van der Waals surface area contributed by atoms with Gasteiger partial charge in [-0.1, -0.05) is 38.0 Å². The maximum Gasteiger partial charge on any atom is 0.246 e. The molecule has 2 N–H and O–H groups in total. The average Bonchev–Trinajstić information content (AvgIpc) is 3.24. The zero-order valence-electron chi connectivity index (χ0n) is 19.9. The number of nitrogens with zero attached hydrogens (tertiary/aromatic N) is 1. The second-order valence-corrected chi connectivity index (χ2v) is 11.2. The molecule has 1 aliphatic carbocycles. The number of nitrogens with one attached hydrogen (secondary N) is 2. The Labute approximate surface area is 191 Å². The lowest BCUT2D eigenvalue weighted by atomic mass is 9.70. The Morgan fingerprint density at radius 1 is 1.25 bits per heavy atom. The van der Waals surface area contributed by atoms with Gasteiger partial charge in [-0.05, 0) is 46.5 Å². The van der Waals surface area contributed by atoms with Crippen molar-refractivity contribution >= 4 is 17.7 Å². The van der Waals surface area contributed by atoms with E-state index in [1.54, 1.807) is 6.08 Å². The standard InChI is InChI=1S/C25H37N3O4/c1-7-14-28-19(21(30)27-23(3,4)5)25-13-12-24(6,32-25)17(18(25)22(28)31)20(29)26-16-11-9-8-10-15(16)2/h7,12-13,15-19H,1,8-11,14H2,2-6H3,(H,26,29)(H,27,30)/t15-,16+,17+,18-,19-,24+,25-/m0/s1. The van der Waals surface area contributed by atoms with Crippen LogP contribution < -0.4 is 10.6 Å². The summed E-state index contributed by atoms with van der Waals surface area (Å²) in [4.78, 5) is 42.2. The Bertz CT molecular complexity index is 862. The van der Waals surface area contributed by atoms with E-state index >= 15 is 0 Å². The number of carbonyl (C=O) groups is 3. The maximum atomic E-state index is 13.7. The summed E-state index contributed by atoms with van der Waals surface area (Å²) in [5.74, 6) is -1.63. The zero-order chi connectivity index (χ0) is 23.5. The SMILES string of the molecule is C=CCN1C(=O)[C@@H]2[C@H](C(=O)N[C@@H]3CCCC[C@@H]3C)[C@@]3(C)C=C[C@@]2(O3)[C@@H]1C(=O)NC(C)(C)C. The van der Waals surface area contributed by atoms with Gasteiger partial charge in [-0.2, -0.15) is 0 Å². The highest BCUT2D eigenvalue weighted by Crippen LogP contribution is 2.59. The Hall–Kier alpha value is -2.15. The summed E-state index contributed by atoms with van der Waals surface area (Å²) >= 11 is 0. The van der Waals surface area contributed by atoms with Gasteiger partial charge in [-0.3, -0.25) is 14.4 Å². The third-order valence-corrected chi connectivity index (χ3v) is 7.59. The van der Waals surface area contributed by atoms with E-state index < -0.39 is 34.6 Å². The van der Waals surface area contributed by atoms with E-state index in [1.807, 2.05) is 39.8 Å². The predicted octanol–water partition coefficient (Wildman–Crippen LogP) is 2.32. The van der Waals surface area contributed by atoms with Gasteiger partial charge in [0.15, 0.2) is 0 Å². The van der Waals surface area contributed by atoms with Crippen molar-refractivity contribution in [3.05, 3.63) is 24.8 Å². The van der Waals surface area contributed by atoms with Crippen molar-refractivity contribution in [2.45, 2.75) is 89.1 Å². The van der Waals surface area contributed by atoms with E-state index in [4.69, 9.17) is 4.74 Å². The molecular formula is C25H37N3O4. The van der Waals surface area contributed by atoms with E-state index in [0.29, 0.717) is 5.92 Å². The van der Waals surface area contributed by atoms with Crippen LogP contribution in [0, 0.1) is 17.8 Å². The molecular weight excluding hydrogens is 406 g/mol. The highest BCUT2D eigenvalue weighted by molar-refractivity contribution is 6.00. The molecule has 3 heterocycles. The summed E-state index contributed by atoms with van der Waals surface area (Å²) in [7, 11) is 0. The van der Waals surface area contributed by atoms with Crippen LogP contribution in [-0.4, -0.2) is 58.0 Å². The normalized spacial score (nSPS) is 40.3. The molecule has 7 heteroatoms. The van der Waals surface area contributed by atoms with Crippen LogP contribution in [0.3, 0.4) is 0 Å². The van der Waals surface area contributed by atoms with Crippen molar-refractivity contribution in [3.63, 3.8) is 0 Å². The Balaban J connectivity index is 1.68. The van der Waals surface area contributed by atoms with Crippen molar-refractivity contribution in [2.75, 3.05) is 6.54 Å². The van der Waals surface area contributed by atoms with Crippen LogP contribution >= 0.6 is 0 Å². The highest BCUT2D eigenvalue weighted by atomic mass is 16.5. The lowest BCUT2D eigenvalue weighted by Gasteiger charge is -2.34. The summed E-state index contributed by atoms with van der Waals surface area (Å²) in [6.45, 7) is 13.7. The first-order valence-electron chi connectivity index (χ1n) is 11.9. The molecule has 0 unspecified atom stereocenters. The molecule has 3 amide bonds. The lowest BCUT2D eigenvalue weighted by Crippen LogP contribution is -2.58. The van der Waals surface area contributed by atoms with Crippen LogP contribution in [0.2, 0.25) is 0 Å². The van der Waals surface area contributed by atoms with Gasteiger partial charge in [0, 0.05) is 18.1 Å². The number of ether oxygens (including phenoxy) is 1. The molecule has 4 aliphatic rings. The third-order valence-electron chi connectivity index (χ3n) is 7.59. The van der Waals surface area contributed by atoms with Crippen molar-refractivity contribution in [1.29, 1.82) is 0 Å². The molecule has 2 bridgehead atoms. The first-order valence-corrected chi connectivity index (χ1v) is 11.9. The fourth-order valence-corrected chi connectivity index (χ4v) is 6.21. The number of fused-ring (bicyclic) bond motifs is 1. The molecule has 4 rings (SSSR count). The molecule has 1 saturated carbocycles. The Morgan fingerprint density at radius 2 is 1.94 bits per heavy atom. The summed E-state index contributed by atoms with van der Waals surface area (Å²) < 4.78 is 6.49. The number of likely N-dealkylation sites (tertiary alicyclic amines) is 1. The van der Waals surface area contributed by atoms with Gasteiger partial charge in [0.2, 0.25) is 17.7 Å². The monoisotopic (exact) mass is 443 g/mol. The number of amides is 3. The Kier molecular flexibility index (Phi) is 5.55. The van der Waals surface area contributed by atoms with Gasteiger partial charge < -0.3 is 20.3 Å². The highest BCUT2D eigenvalue weighted by Gasteiger charge is 2.76. The minimum atomic E-state index is -1.15. The molecule has 3 fully saturated rings. The summed E-state index contributed by atoms with van der Waals surface area (Å²) in [6.07, 6.45) is 9.67. The first kappa shape index (κ1) is 23.0. The van der Waals surface area contributed by atoms with Crippen LogP contribution in [0.15, 0.2) is 24.8 Å². The van der Waals surface area contributed by atoms with Crippen LogP contribution in [0.5, 0.6) is 0 Å². The minimum absolute atomic E-state index is 0.111. The second kappa shape index (κ2) is 7.72. The quantitative estimate of drug-likeness (QED) is 0.639. The molecule has 0 aromatic heterocycles. The topological polar surface area (TPSA) is 87.7 Å². The molecule has 0 radical (unpaired) electrons. The fraction of sp³-hybridized carbons (Fsp3) is 0.720. The van der Waals surface area contributed by atoms with E-state index in [2.05, 4.69) is 24.1 Å². The van der Waals surface area contributed by atoms with Crippen LogP contribution in [-0.2, 0) is 19.1 Å². The molecule has 7 nitrogen and oxygen atoms in total. The molecule has 176 valence electrons. The molecule has 2 saturated heterocycles. The van der Waals surface area contributed by atoms with E-state index in [0.717, 1.165) is 19.3 Å². The minimum Gasteiger partial charge on any atom is -0.356 e. The van der Waals surface area contributed by atoms with Crippen LogP contribution in [0.1, 0.15) is 60.3 Å². The van der Waals surface area contributed by atoms with Crippen molar-refractivity contribution in [3.8, 4) is 0 Å². The molecule has 3 aliphatic heterocycles. The molecule has 7 atom stereocenters. The van der Waals surface area contributed by atoms with Crippen LogP contribution in [0.25, 0.3) is 0 Å². The zero-order valence-corrected chi connectivity index (χ0v) is 19.9. The smallest absolute Gasteiger partial charge is 0.246 e. The summed E-state index contributed by atoms with van der Waals surface area (Å²) in [5.41, 5.74) is -2.53. The van der Waals surface area contributed by atoms with Crippen molar-refractivity contribution in [2.24, 2.45) is 17.8 Å². The lowest BCUT2D eigenvalue weighted by molar-refractivity contribution is -0.145. The van der Waals surface area contributed by atoms with Crippen molar-refractivity contribution in [1.82, 2.24) is 15.5 Å². The fourth-order valence-electron chi connectivity index (χ4n) is 6.21. The largest absolute Gasteiger partial charge is 0.356 e. The van der Waals surface area contributed by atoms with Gasteiger partial charge in [-0.15, -0.1) is 6.58 Å². The Morgan fingerprint density at radius 3 is 2.56 bits per heavy atom. The average molecular weight is 444 g/mol. The van der Waals surface area contributed by atoms with E-state index in [-0.39, 0.29) is 30.3 Å². The number of hydrogen-bond donors (Lipinski definition) is 2. The van der Waals surface area contributed by atoms with Gasteiger partial charge >= 0.3 is 0 Å². The third kappa shape index (κ3) is 3.49. The predicted molar refractivity (Wildman–Crippen MR) is 121 cm³/mol. The van der Waals surface area contributed by atoms with Gasteiger partial charge in [0.1, 0.15) is 11.6 Å². The van der Waals surface area contributed by atoms with E-state index in [9.17, 15) is 14.4 Å². The first-order chi connectivity index (χ1) is 14.9. The summed E-state index contributed by atoms with van der Waals surface area (Å²) in [6, 6.07) is -0.735. The summed E-state index contributed by atoms with van der Waals surface area (Å²) in [5, 5.41) is 6.24. The molecule has 1 spiro atoms. The maximum absolute atomic E-state index is 13.7. The van der Waals surface area contributed by atoms with Gasteiger partial charge in [0.05, 0.1) is 17.4 Å².